The van der Waals surface area contributed by atoms with Gasteiger partial charge in [0.05, 0.1) is 11.4 Å². The highest BCUT2D eigenvalue weighted by Crippen LogP contribution is 2.15. The second-order valence-corrected chi connectivity index (χ2v) is 5.47. The van der Waals surface area contributed by atoms with Crippen molar-refractivity contribution in [2.75, 3.05) is 13.1 Å². The third-order valence-electron chi connectivity index (χ3n) is 3.87. The first-order valence-corrected chi connectivity index (χ1v) is 7.54. The molecule has 1 aromatic heterocycles. The monoisotopic (exact) mass is 284 g/mol. The number of aromatic nitrogens is 3. The van der Waals surface area contributed by atoms with Crippen LogP contribution in [-0.2, 0) is 0 Å². The van der Waals surface area contributed by atoms with E-state index in [1.807, 2.05) is 42.2 Å². The Balaban J connectivity index is 1.85. The number of hydrogen-bond acceptors (Lipinski definition) is 3. The van der Waals surface area contributed by atoms with Crippen LogP contribution in [0.1, 0.15) is 41.9 Å². The maximum atomic E-state index is 12.6. The zero-order chi connectivity index (χ0) is 14.7. The Hall–Kier alpha value is -2.17. The molecule has 0 saturated carbocycles. The summed E-state index contributed by atoms with van der Waals surface area (Å²) in [4.78, 5) is 16.1. The van der Waals surface area contributed by atoms with Crippen molar-refractivity contribution in [3.63, 3.8) is 0 Å². The van der Waals surface area contributed by atoms with Crippen LogP contribution in [0.15, 0.2) is 30.3 Å². The summed E-state index contributed by atoms with van der Waals surface area (Å²) >= 11 is 0. The van der Waals surface area contributed by atoms with Gasteiger partial charge in [-0.2, -0.15) is 9.90 Å². The third kappa shape index (κ3) is 2.96. The fraction of sp³-hybridized carbons (Fsp3) is 0.438. The van der Waals surface area contributed by atoms with Crippen molar-refractivity contribution in [1.82, 2.24) is 19.9 Å². The summed E-state index contributed by atoms with van der Waals surface area (Å²) in [6, 6.07) is 9.68. The molecule has 2 aromatic rings. The lowest BCUT2D eigenvalue weighted by atomic mass is 10.2. The highest BCUT2D eigenvalue weighted by molar-refractivity contribution is 5.93. The molecule has 1 fully saturated rings. The van der Waals surface area contributed by atoms with Crippen LogP contribution in [0.2, 0.25) is 0 Å². The van der Waals surface area contributed by atoms with Crippen molar-refractivity contribution in [3.05, 3.63) is 41.7 Å². The number of aryl methyl sites for hydroxylation is 1. The molecule has 0 bridgehead atoms. The Morgan fingerprint density at radius 3 is 2.33 bits per heavy atom. The second kappa shape index (κ2) is 6.08. The Morgan fingerprint density at radius 2 is 1.67 bits per heavy atom. The zero-order valence-electron chi connectivity index (χ0n) is 12.3. The SMILES string of the molecule is Cc1nn(-c2ccccc2)nc1C(=O)N1CCCCCC1. The van der Waals surface area contributed by atoms with Gasteiger partial charge in [0.15, 0.2) is 5.69 Å². The molecule has 1 aliphatic heterocycles. The standard InChI is InChI=1S/C16H20N4O/c1-13-15(16(21)19-11-7-2-3-8-12-19)18-20(17-13)14-9-5-4-6-10-14/h4-6,9-10H,2-3,7-8,11-12H2,1H3. The molecule has 5 nitrogen and oxygen atoms in total. The molecule has 0 atom stereocenters. The predicted molar refractivity (Wildman–Crippen MR) is 80.5 cm³/mol. The van der Waals surface area contributed by atoms with Crippen LogP contribution in [0.4, 0.5) is 0 Å². The number of hydrogen-bond donors (Lipinski definition) is 0. The largest absolute Gasteiger partial charge is 0.337 e. The van der Waals surface area contributed by atoms with E-state index in [4.69, 9.17) is 0 Å². The lowest BCUT2D eigenvalue weighted by Gasteiger charge is -2.18. The van der Waals surface area contributed by atoms with Gasteiger partial charge >= 0.3 is 0 Å². The summed E-state index contributed by atoms with van der Waals surface area (Å²) in [7, 11) is 0. The average Bonchev–Trinajstić information content (AvgIpc) is 2.74. The van der Waals surface area contributed by atoms with Crippen LogP contribution in [0.5, 0.6) is 0 Å². The molecule has 1 amide bonds. The smallest absolute Gasteiger partial charge is 0.276 e. The van der Waals surface area contributed by atoms with Gasteiger partial charge in [-0.25, -0.2) is 0 Å². The third-order valence-corrected chi connectivity index (χ3v) is 3.87. The van der Waals surface area contributed by atoms with E-state index in [0.29, 0.717) is 11.4 Å². The first-order chi connectivity index (χ1) is 10.3. The van der Waals surface area contributed by atoms with Gasteiger partial charge in [-0.3, -0.25) is 4.79 Å². The van der Waals surface area contributed by atoms with E-state index >= 15 is 0 Å². The maximum absolute atomic E-state index is 12.6. The number of rotatable bonds is 2. The molecule has 1 aliphatic rings. The Bertz CT molecular complexity index is 612. The first-order valence-electron chi connectivity index (χ1n) is 7.54. The van der Waals surface area contributed by atoms with Crippen molar-refractivity contribution >= 4 is 5.91 Å². The van der Waals surface area contributed by atoms with E-state index in [1.54, 1.807) is 4.80 Å². The lowest BCUT2D eigenvalue weighted by Crippen LogP contribution is -2.32. The molecule has 110 valence electrons. The molecule has 5 heteroatoms. The van der Waals surface area contributed by atoms with E-state index in [9.17, 15) is 4.79 Å². The van der Waals surface area contributed by atoms with Gasteiger partial charge in [0.25, 0.3) is 5.91 Å². The zero-order valence-corrected chi connectivity index (χ0v) is 12.3. The molecular formula is C16H20N4O. The van der Waals surface area contributed by atoms with Gasteiger partial charge in [-0.05, 0) is 31.9 Å². The molecule has 0 radical (unpaired) electrons. The van der Waals surface area contributed by atoms with Crippen LogP contribution in [-0.4, -0.2) is 38.9 Å². The summed E-state index contributed by atoms with van der Waals surface area (Å²) in [5.74, 6) is 0.0107. The van der Waals surface area contributed by atoms with Gasteiger partial charge in [0, 0.05) is 13.1 Å². The molecule has 21 heavy (non-hydrogen) atoms. The second-order valence-electron chi connectivity index (χ2n) is 5.47. The highest BCUT2D eigenvalue weighted by atomic mass is 16.2. The van der Waals surface area contributed by atoms with Gasteiger partial charge in [-0.15, -0.1) is 5.10 Å². The molecule has 2 heterocycles. The summed E-state index contributed by atoms with van der Waals surface area (Å²) < 4.78 is 0. The van der Waals surface area contributed by atoms with Gasteiger partial charge in [-0.1, -0.05) is 31.0 Å². The number of para-hydroxylation sites is 1. The minimum Gasteiger partial charge on any atom is -0.337 e. The Morgan fingerprint density at radius 1 is 1.00 bits per heavy atom. The molecule has 0 spiro atoms. The molecule has 1 aromatic carbocycles. The molecular weight excluding hydrogens is 264 g/mol. The number of amides is 1. The normalized spacial score (nSPS) is 15.8. The summed E-state index contributed by atoms with van der Waals surface area (Å²) in [5.41, 5.74) is 2.03. The van der Waals surface area contributed by atoms with Crippen molar-refractivity contribution in [2.24, 2.45) is 0 Å². The minimum atomic E-state index is 0.0107. The maximum Gasteiger partial charge on any atom is 0.276 e. The van der Waals surface area contributed by atoms with Gasteiger partial charge in [0.2, 0.25) is 0 Å². The predicted octanol–water partition coefficient (Wildman–Crippen LogP) is 2.59. The van der Waals surface area contributed by atoms with Crippen LogP contribution in [0, 0.1) is 6.92 Å². The van der Waals surface area contributed by atoms with Crippen molar-refractivity contribution in [2.45, 2.75) is 32.6 Å². The van der Waals surface area contributed by atoms with Crippen molar-refractivity contribution < 1.29 is 4.79 Å². The summed E-state index contributed by atoms with van der Waals surface area (Å²) in [5, 5.41) is 8.78. The highest BCUT2D eigenvalue weighted by Gasteiger charge is 2.23. The van der Waals surface area contributed by atoms with E-state index in [-0.39, 0.29) is 5.91 Å². The van der Waals surface area contributed by atoms with Gasteiger partial charge < -0.3 is 4.90 Å². The summed E-state index contributed by atoms with van der Waals surface area (Å²) in [6.45, 7) is 3.50. The lowest BCUT2D eigenvalue weighted by molar-refractivity contribution is 0.0754. The van der Waals surface area contributed by atoms with E-state index in [2.05, 4.69) is 10.2 Å². The molecule has 0 N–H and O–H groups in total. The Kier molecular flexibility index (Phi) is 3.99. The average molecular weight is 284 g/mol. The Labute approximate surface area is 124 Å². The first kappa shape index (κ1) is 13.8. The van der Waals surface area contributed by atoms with Crippen LogP contribution < -0.4 is 0 Å². The fourth-order valence-electron chi connectivity index (χ4n) is 2.68. The number of likely N-dealkylation sites (tertiary alicyclic amines) is 1. The van der Waals surface area contributed by atoms with E-state index < -0.39 is 0 Å². The number of nitrogens with zero attached hydrogens (tertiary/aromatic N) is 4. The number of carbonyl (C=O) groups is 1. The molecule has 0 aliphatic carbocycles. The number of benzene rings is 1. The van der Waals surface area contributed by atoms with Crippen LogP contribution >= 0.6 is 0 Å². The van der Waals surface area contributed by atoms with Crippen molar-refractivity contribution in [1.29, 1.82) is 0 Å². The van der Waals surface area contributed by atoms with Crippen molar-refractivity contribution in [3.8, 4) is 5.69 Å². The van der Waals surface area contributed by atoms with E-state index in [1.165, 1.54) is 12.8 Å². The molecule has 0 unspecified atom stereocenters. The number of carbonyl (C=O) groups excluding carboxylic acids is 1. The topological polar surface area (TPSA) is 51.0 Å². The molecule has 1 saturated heterocycles. The van der Waals surface area contributed by atoms with Gasteiger partial charge in [0.1, 0.15) is 0 Å². The van der Waals surface area contributed by atoms with E-state index in [0.717, 1.165) is 31.6 Å². The van der Waals surface area contributed by atoms with Crippen LogP contribution in [0.3, 0.4) is 0 Å². The quantitative estimate of drug-likeness (QED) is 0.851. The van der Waals surface area contributed by atoms with Crippen LogP contribution in [0.25, 0.3) is 5.69 Å². The minimum absolute atomic E-state index is 0.0107. The fourth-order valence-corrected chi connectivity index (χ4v) is 2.68. The summed E-state index contributed by atoms with van der Waals surface area (Å²) in [6.07, 6.45) is 4.58. The molecule has 3 rings (SSSR count).